The summed E-state index contributed by atoms with van der Waals surface area (Å²) in [5.41, 5.74) is 2.33. The number of ether oxygens (including phenoxy) is 1. The number of hydrogen-bond acceptors (Lipinski definition) is 7. The van der Waals surface area contributed by atoms with Gasteiger partial charge in [0.25, 0.3) is 5.91 Å². The molecule has 1 amide bonds. The van der Waals surface area contributed by atoms with Crippen LogP contribution in [-0.2, 0) is 10.9 Å². The van der Waals surface area contributed by atoms with E-state index in [0.29, 0.717) is 24.3 Å². The number of alkyl halides is 3. The van der Waals surface area contributed by atoms with Crippen molar-refractivity contribution in [2.45, 2.75) is 38.5 Å². The smallest absolute Gasteiger partial charge is 0.379 e. The van der Waals surface area contributed by atoms with Crippen LogP contribution in [0.2, 0.25) is 0 Å². The lowest BCUT2D eigenvalue weighted by atomic mass is 10.0. The van der Waals surface area contributed by atoms with Gasteiger partial charge in [0.1, 0.15) is 5.01 Å². The fraction of sp³-hybridized carbons (Fsp3) is 0.348. The maximum atomic E-state index is 13.2. The molecule has 1 N–H and O–H groups in total. The van der Waals surface area contributed by atoms with E-state index >= 15 is 0 Å². The lowest BCUT2D eigenvalue weighted by Crippen LogP contribution is -2.27. The van der Waals surface area contributed by atoms with E-state index in [1.165, 1.54) is 11.3 Å². The molecule has 1 unspecified atom stereocenters. The maximum absolute atomic E-state index is 13.2. The van der Waals surface area contributed by atoms with Gasteiger partial charge in [-0.2, -0.15) is 18.3 Å². The van der Waals surface area contributed by atoms with Crippen molar-refractivity contribution >= 4 is 28.1 Å². The second kappa shape index (κ2) is 9.00. The van der Waals surface area contributed by atoms with Gasteiger partial charge >= 0.3 is 6.18 Å². The van der Waals surface area contributed by atoms with Gasteiger partial charge in [0.15, 0.2) is 0 Å². The molecule has 5 rings (SSSR count). The standard InChI is InChI=1S/C23H21F3N6O2S/c1-12-7-27-21(35-12)17-5-14(6-19-18(17)10-30-32(19)16-3-4-34-11-16)20(33)31-13(2)15-8-28-22(29-9-15)23(24,25)26/h5-10,13,16H,3-4,11H2,1-2H3,(H,31,33)/t13-,16?/m1/s1. The van der Waals surface area contributed by atoms with Crippen molar-refractivity contribution in [2.75, 3.05) is 13.2 Å². The van der Waals surface area contributed by atoms with Gasteiger partial charge in [-0.15, -0.1) is 11.3 Å². The molecule has 12 heteroatoms. The maximum Gasteiger partial charge on any atom is 0.451 e. The second-order valence-corrected chi connectivity index (χ2v) is 9.61. The molecule has 0 radical (unpaired) electrons. The summed E-state index contributed by atoms with van der Waals surface area (Å²) in [5, 5.41) is 9.06. The third kappa shape index (κ3) is 4.63. The molecule has 182 valence electrons. The van der Waals surface area contributed by atoms with Crippen LogP contribution in [0.3, 0.4) is 0 Å². The number of aryl methyl sites for hydroxylation is 1. The minimum atomic E-state index is -4.63. The number of nitrogens with one attached hydrogen (secondary N) is 1. The normalized spacial score (nSPS) is 17.1. The molecular weight excluding hydrogens is 481 g/mol. The van der Waals surface area contributed by atoms with Crippen molar-refractivity contribution in [1.82, 2.24) is 30.0 Å². The Labute approximate surface area is 202 Å². The third-order valence-electron chi connectivity index (χ3n) is 5.85. The number of halogens is 3. The Hall–Kier alpha value is -3.38. The van der Waals surface area contributed by atoms with E-state index in [1.807, 2.05) is 11.6 Å². The highest BCUT2D eigenvalue weighted by Crippen LogP contribution is 2.35. The van der Waals surface area contributed by atoms with Crippen LogP contribution >= 0.6 is 11.3 Å². The van der Waals surface area contributed by atoms with Gasteiger partial charge in [-0.05, 0) is 32.4 Å². The first-order valence-electron chi connectivity index (χ1n) is 10.9. The molecule has 0 bridgehead atoms. The Morgan fingerprint density at radius 2 is 1.97 bits per heavy atom. The van der Waals surface area contributed by atoms with Crippen LogP contribution in [0.5, 0.6) is 0 Å². The van der Waals surface area contributed by atoms with E-state index in [1.54, 1.807) is 31.5 Å². The van der Waals surface area contributed by atoms with Gasteiger partial charge in [0, 0.05) is 52.2 Å². The van der Waals surface area contributed by atoms with E-state index in [9.17, 15) is 18.0 Å². The zero-order chi connectivity index (χ0) is 24.7. The van der Waals surface area contributed by atoms with E-state index in [2.05, 4.69) is 25.4 Å². The Bertz CT molecular complexity index is 1380. The molecule has 3 aromatic heterocycles. The summed E-state index contributed by atoms with van der Waals surface area (Å²) < 4.78 is 45.7. The number of aromatic nitrogens is 5. The van der Waals surface area contributed by atoms with E-state index in [4.69, 9.17) is 4.74 Å². The van der Waals surface area contributed by atoms with Gasteiger partial charge in [-0.1, -0.05) is 0 Å². The zero-order valence-electron chi connectivity index (χ0n) is 18.8. The molecule has 1 aliphatic heterocycles. The highest BCUT2D eigenvalue weighted by Gasteiger charge is 2.34. The third-order valence-corrected chi connectivity index (χ3v) is 6.80. The summed E-state index contributed by atoms with van der Waals surface area (Å²) in [4.78, 5) is 25.5. The van der Waals surface area contributed by atoms with Crippen molar-refractivity contribution in [3.8, 4) is 10.6 Å². The summed E-state index contributed by atoms with van der Waals surface area (Å²) in [7, 11) is 0. The largest absolute Gasteiger partial charge is 0.451 e. The summed E-state index contributed by atoms with van der Waals surface area (Å²) >= 11 is 1.52. The topological polar surface area (TPSA) is 94.8 Å². The first kappa shape index (κ1) is 23.4. The average molecular weight is 503 g/mol. The molecule has 35 heavy (non-hydrogen) atoms. The first-order chi connectivity index (χ1) is 16.7. The quantitative estimate of drug-likeness (QED) is 0.424. The molecule has 1 saturated heterocycles. The van der Waals surface area contributed by atoms with Crippen LogP contribution in [0.4, 0.5) is 13.2 Å². The van der Waals surface area contributed by atoms with Crippen LogP contribution < -0.4 is 5.32 Å². The molecule has 1 aliphatic rings. The molecular formula is C23H21F3N6O2S. The molecule has 0 aliphatic carbocycles. The van der Waals surface area contributed by atoms with Crippen molar-refractivity contribution < 1.29 is 22.7 Å². The van der Waals surface area contributed by atoms with Gasteiger partial charge in [0.05, 0.1) is 30.4 Å². The van der Waals surface area contributed by atoms with Gasteiger partial charge < -0.3 is 10.1 Å². The lowest BCUT2D eigenvalue weighted by molar-refractivity contribution is -0.145. The number of amides is 1. The monoisotopic (exact) mass is 502 g/mol. The Morgan fingerprint density at radius 3 is 2.60 bits per heavy atom. The number of nitrogens with zero attached hydrogens (tertiary/aromatic N) is 5. The number of fused-ring (bicyclic) bond motifs is 1. The molecule has 8 nitrogen and oxygen atoms in total. The van der Waals surface area contributed by atoms with Crippen LogP contribution in [0, 0.1) is 6.92 Å². The highest BCUT2D eigenvalue weighted by atomic mass is 32.1. The molecule has 1 aromatic carbocycles. The number of thiazole rings is 1. The number of carbonyl (C=O) groups excluding carboxylic acids is 1. The second-order valence-electron chi connectivity index (χ2n) is 8.37. The molecule has 1 fully saturated rings. The molecule has 2 atom stereocenters. The van der Waals surface area contributed by atoms with Crippen molar-refractivity contribution in [3.63, 3.8) is 0 Å². The van der Waals surface area contributed by atoms with Gasteiger partial charge in [0.2, 0.25) is 5.82 Å². The highest BCUT2D eigenvalue weighted by molar-refractivity contribution is 7.15. The van der Waals surface area contributed by atoms with Crippen molar-refractivity contribution in [3.05, 3.63) is 58.7 Å². The lowest BCUT2D eigenvalue weighted by Gasteiger charge is -2.16. The summed E-state index contributed by atoms with van der Waals surface area (Å²) in [6.45, 7) is 4.82. The Kier molecular flexibility index (Phi) is 6.01. The summed E-state index contributed by atoms with van der Waals surface area (Å²) in [6.07, 6.45) is 1.90. The van der Waals surface area contributed by atoms with E-state index in [-0.39, 0.29) is 11.9 Å². The van der Waals surface area contributed by atoms with Crippen LogP contribution in [0.15, 0.2) is 36.9 Å². The summed E-state index contributed by atoms with van der Waals surface area (Å²) in [6, 6.07) is 3.00. The molecule has 4 heterocycles. The molecule has 0 saturated carbocycles. The number of rotatable bonds is 5. The molecule has 4 aromatic rings. The average Bonchev–Trinajstić information content (AvgIpc) is 3.58. The number of carbonyl (C=O) groups is 1. The van der Waals surface area contributed by atoms with Crippen LogP contribution in [-0.4, -0.2) is 43.9 Å². The fourth-order valence-corrected chi connectivity index (χ4v) is 4.80. The summed E-state index contributed by atoms with van der Waals surface area (Å²) in [5.74, 6) is -1.61. The Balaban J connectivity index is 1.49. The minimum absolute atomic E-state index is 0.0694. The fourth-order valence-electron chi connectivity index (χ4n) is 4.01. The van der Waals surface area contributed by atoms with Gasteiger partial charge in [-0.25, -0.2) is 15.0 Å². The SMILES string of the molecule is Cc1cnc(-c2cc(C(=O)N[C@H](C)c3cnc(C(F)(F)F)nc3)cc3c2cnn3C2CCOC2)s1. The van der Waals surface area contributed by atoms with Crippen molar-refractivity contribution in [1.29, 1.82) is 0 Å². The zero-order valence-corrected chi connectivity index (χ0v) is 19.7. The minimum Gasteiger partial charge on any atom is -0.379 e. The molecule has 0 spiro atoms. The van der Waals surface area contributed by atoms with Gasteiger partial charge in [-0.3, -0.25) is 9.48 Å². The Morgan fingerprint density at radius 1 is 1.20 bits per heavy atom. The predicted molar refractivity (Wildman–Crippen MR) is 123 cm³/mol. The number of hydrogen-bond donors (Lipinski definition) is 1. The van der Waals surface area contributed by atoms with E-state index in [0.717, 1.165) is 45.2 Å². The van der Waals surface area contributed by atoms with Crippen LogP contribution in [0.25, 0.3) is 21.5 Å². The number of benzene rings is 1. The predicted octanol–water partition coefficient (Wildman–Crippen LogP) is 4.73. The van der Waals surface area contributed by atoms with Crippen LogP contribution in [0.1, 0.15) is 52.1 Å². The first-order valence-corrected chi connectivity index (χ1v) is 11.7. The van der Waals surface area contributed by atoms with E-state index < -0.39 is 18.0 Å². The van der Waals surface area contributed by atoms with Crippen molar-refractivity contribution in [2.24, 2.45) is 0 Å².